The van der Waals surface area contributed by atoms with Crippen LogP contribution in [-0.4, -0.2) is 34.1 Å². The van der Waals surface area contributed by atoms with Crippen LogP contribution in [0.4, 0.5) is 28.4 Å². The lowest BCUT2D eigenvalue weighted by Crippen LogP contribution is -2.32. The van der Waals surface area contributed by atoms with Gasteiger partial charge in [0.1, 0.15) is 11.4 Å². The van der Waals surface area contributed by atoms with Crippen LogP contribution in [0.2, 0.25) is 15.1 Å². The van der Waals surface area contributed by atoms with E-state index in [0.29, 0.717) is 5.69 Å². The van der Waals surface area contributed by atoms with Crippen molar-refractivity contribution in [3.63, 3.8) is 0 Å². The molecule has 1 heterocycles. The van der Waals surface area contributed by atoms with Crippen molar-refractivity contribution in [3.8, 4) is 0 Å². The second kappa shape index (κ2) is 9.98. The molecular weight excluding hydrogens is 461 g/mol. The molecule has 0 radical (unpaired) electrons. The number of rotatable bonds is 4. The van der Waals surface area contributed by atoms with Gasteiger partial charge < -0.3 is 21.5 Å². The summed E-state index contributed by atoms with van der Waals surface area (Å²) in [5, 5.41) is 30.9. The van der Waals surface area contributed by atoms with E-state index in [2.05, 4.69) is 0 Å². The van der Waals surface area contributed by atoms with Crippen LogP contribution >= 0.6 is 34.8 Å². The van der Waals surface area contributed by atoms with Gasteiger partial charge in [-0.05, 0) is 25.0 Å². The molecule has 0 aliphatic carbocycles. The lowest BCUT2D eigenvalue weighted by molar-refractivity contribution is -0.384. The molecule has 1 saturated heterocycles. The number of benzene rings is 2. The zero-order valence-corrected chi connectivity index (χ0v) is 17.7. The highest BCUT2D eigenvalue weighted by atomic mass is 35.5. The van der Waals surface area contributed by atoms with Crippen LogP contribution in [0.3, 0.4) is 0 Å². The number of nitrogens with two attached hydrogens (primary N) is 2. The van der Waals surface area contributed by atoms with E-state index < -0.39 is 9.85 Å². The average molecular weight is 479 g/mol. The Balaban J connectivity index is 0.000000232. The molecular formula is C17H18Cl3N5O5. The van der Waals surface area contributed by atoms with Gasteiger partial charge in [0.15, 0.2) is 0 Å². The minimum absolute atomic E-state index is 0.00311. The highest BCUT2D eigenvalue weighted by molar-refractivity contribution is 6.42. The molecule has 1 aliphatic rings. The summed E-state index contributed by atoms with van der Waals surface area (Å²) in [6.45, 7) is 0.801. The van der Waals surface area contributed by atoms with E-state index >= 15 is 0 Å². The molecule has 0 unspecified atom stereocenters. The van der Waals surface area contributed by atoms with Crippen LogP contribution in [-0.2, 0) is 0 Å². The van der Waals surface area contributed by atoms with Crippen molar-refractivity contribution in [2.45, 2.75) is 18.9 Å². The Kier molecular flexibility index (Phi) is 7.90. The number of aliphatic hydroxyl groups excluding tert-OH is 1. The maximum absolute atomic E-state index is 10.7. The molecule has 3 rings (SSSR count). The molecule has 0 saturated carbocycles. The van der Waals surface area contributed by atoms with Crippen LogP contribution in [0.15, 0.2) is 24.3 Å². The summed E-state index contributed by atoms with van der Waals surface area (Å²) in [7, 11) is 0. The Morgan fingerprint density at radius 1 is 0.967 bits per heavy atom. The molecule has 1 aliphatic heterocycles. The molecule has 13 heteroatoms. The van der Waals surface area contributed by atoms with Crippen LogP contribution < -0.4 is 16.4 Å². The zero-order valence-electron chi connectivity index (χ0n) is 15.4. The van der Waals surface area contributed by atoms with Gasteiger partial charge in [0.2, 0.25) is 0 Å². The van der Waals surface area contributed by atoms with E-state index in [1.54, 1.807) is 0 Å². The molecule has 2 aromatic carbocycles. The second-order valence-electron chi connectivity index (χ2n) is 6.37. The first-order valence-electron chi connectivity index (χ1n) is 8.56. The molecule has 0 bridgehead atoms. The van der Waals surface area contributed by atoms with Gasteiger partial charge in [0.05, 0.1) is 43.3 Å². The minimum Gasteiger partial charge on any atom is -0.394 e. The molecule has 5 N–H and O–H groups in total. The van der Waals surface area contributed by atoms with E-state index in [0.717, 1.165) is 25.5 Å². The number of nitrogen functional groups attached to an aromatic ring is 2. The number of nitro groups is 2. The van der Waals surface area contributed by atoms with Gasteiger partial charge in [-0.25, -0.2) is 0 Å². The maximum atomic E-state index is 10.7. The largest absolute Gasteiger partial charge is 0.394 e. The second-order valence-corrected chi connectivity index (χ2v) is 7.60. The summed E-state index contributed by atoms with van der Waals surface area (Å²) in [5.74, 6) is 0. The number of nitrogens with zero attached hydrogens (tertiary/aromatic N) is 3. The van der Waals surface area contributed by atoms with Crippen molar-refractivity contribution in [3.05, 3.63) is 59.6 Å². The number of hydrogen-bond donors (Lipinski definition) is 3. The smallest absolute Gasteiger partial charge is 0.293 e. The molecule has 1 atom stereocenters. The average Bonchev–Trinajstić information content (AvgIpc) is 3.14. The quantitative estimate of drug-likeness (QED) is 0.333. The normalized spacial score (nSPS) is 15.5. The monoisotopic (exact) mass is 477 g/mol. The zero-order chi connectivity index (χ0) is 22.6. The lowest BCUT2D eigenvalue weighted by atomic mass is 10.2. The molecule has 0 amide bonds. The molecule has 0 aromatic heterocycles. The number of hydrogen-bond acceptors (Lipinski definition) is 8. The van der Waals surface area contributed by atoms with Crippen molar-refractivity contribution < 1.29 is 15.0 Å². The Morgan fingerprint density at radius 3 is 2.00 bits per heavy atom. The van der Waals surface area contributed by atoms with Gasteiger partial charge in [-0.1, -0.05) is 34.8 Å². The third-order valence-corrected chi connectivity index (χ3v) is 5.48. The highest BCUT2D eigenvalue weighted by Gasteiger charge is 2.27. The van der Waals surface area contributed by atoms with Gasteiger partial charge in [-0.15, -0.1) is 0 Å². The molecule has 30 heavy (non-hydrogen) atoms. The number of anilines is 3. The third-order valence-electron chi connectivity index (χ3n) is 4.46. The summed E-state index contributed by atoms with van der Waals surface area (Å²) in [6.07, 6.45) is 1.84. The molecule has 1 fully saturated rings. The van der Waals surface area contributed by atoms with E-state index in [9.17, 15) is 25.3 Å². The van der Waals surface area contributed by atoms with E-state index in [-0.39, 0.29) is 50.5 Å². The van der Waals surface area contributed by atoms with Gasteiger partial charge in [-0.3, -0.25) is 20.2 Å². The SMILES string of the molecule is Nc1cc(Cl)c(Cl)cc1[N+](=O)[O-].Nc1cc(N2CCC[C@@H]2CO)c(Cl)cc1[N+](=O)[O-]. The minimum atomic E-state index is -0.614. The Bertz CT molecular complexity index is 975. The summed E-state index contributed by atoms with van der Waals surface area (Å²) in [4.78, 5) is 21.8. The van der Waals surface area contributed by atoms with Gasteiger partial charge >= 0.3 is 0 Å². The Morgan fingerprint density at radius 2 is 1.47 bits per heavy atom. The van der Waals surface area contributed by atoms with E-state index in [1.165, 1.54) is 18.2 Å². The summed E-state index contributed by atoms with van der Waals surface area (Å²) in [5.41, 5.74) is 11.3. The van der Waals surface area contributed by atoms with E-state index in [1.807, 2.05) is 4.90 Å². The van der Waals surface area contributed by atoms with Crippen LogP contribution in [0.1, 0.15) is 12.8 Å². The van der Waals surface area contributed by atoms with Gasteiger partial charge in [0, 0.05) is 18.7 Å². The predicted molar refractivity (Wildman–Crippen MR) is 118 cm³/mol. The first-order chi connectivity index (χ1) is 14.1. The highest BCUT2D eigenvalue weighted by Crippen LogP contribution is 2.37. The van der Waals surface area contributed by atoms with Gasteiger partial charge in [-0.2, -0.15) is 0 Å². The third kappa shape index (κ3) is 5.33. The Labute approximate surface area is 186 Å². The Hall–Kier alpha value is -2.53. The number of halogens is 3. The van der Waals surface area contributed by atoms with Gasteiger partial charge in [0.25, 0.3) is 11.4 Å². The standard InChI is InChI=1S/C11H14ClN3O3.C6H4Cl2N2O2/c12-8-4-11(15(17)18)9(13)5-10(8)14-3-1-2-7(14)6-16;7-3-1-5(9)6(10(11)12)2-4(3)8/h4-5,7,16H,1-3,6,13H2;1-2H,9H2/t7-;/m1./s1. The van der Waals surface area contributed by atoms with Crippen molar-refractivity contribution in [1.82, 2.24) is 0 Å². The lowest BCUT2D eigenvalue weighted by Gasteiger charge is -2.26. The fourth-order valence-electron chi connectivity index (χ4n) is 3.00. The van der Waals surface area contributed by atoms with Crippen molar-refractivity contribution in [2.75, 3.05) is 29.5 Å². The predicted octanol–water partition coefficient (Wildman–Crippen LogP) is 4.28. The molecule has 2 aromatic rings. The summed E-state index contributed by atoms with van der Waals surface area (Å²) >= 11 is 17.2. The molecule has 0 spiro atoms. The number of nitro benzene ring substituents is 2. The fraction of sp³-hybridized carbons (Fsp3) is 0.294. The fourth-order valence-corrected chi connectivity index (χ4v) is 3.59. The summed E-state index contributed by atoms with van der Waals surface area (Å²) < 4.78 is 0. The molecule has 162 valence electrons. The summed E-state index contributed by atoms with van der Waals surface area (Å²) in [6, 6.07) is 5.15. The van der Waals surface area contributed by atoms with E-state index in [4.69, 9.17) is 46.3 Å². The van der Waals surface area contributed by atoms with Crippen LogP contribution in [0.25, 0.3) is 0 Å². The number of aliphatic hydroxyl groups is 1. The maximum Gasteiger partial charge on any atom is 0.293 e. The van der Waals surface area contributed by atoms with Crippen molar-refractivity contribution in [1.29, 1.82) is 0 Å². The first-order valence-corrected chi connectivity index (χ1v) is 9.70. The van der Waals surface area contributed by atoms with Crippen LogP contribution in [0, 0.1) is 20.2 Å². The topological polar surface area (TPSA) is 162 Å². The first kappa shape index (κ1) is 23.7. The van der Waals surface area contributed by atoms with Crippen LogP contribution in [0.5, 0.6) is 0 Å². The molecule has 10 nitrogen and oxygen atoms in total. The van der Waals surface area contributed by atoms with Crippen molar-refractivity contribution >= 4 is 63.2 Å². The van der Waals surface area contributed by atoms with Crippen molar-refractivity contribution in [2.24, 2.45) is 0 Å².